The summed E-state index contributed by atoms with van der Waals surface area (Å²) in [5.41, 5.74) is 1.01. The Hall–Kier alpha value is -1.28. The Balaban J connectivity index is 2.07. The van der Waals surface area contributed by atoms with E-state index in [0.29, 0.717) is 11.8 Å². The minimum Gasteiger partial charge on any atom is -0.508 e. The van der Waals surface area contributed by atoms with Crippen LogP contribution in [-0.4, -0.2) is 11.1 Å². The van der Waals surface area contributed by atoms with Gasteiger partial charge in [-0.1, -0.05) is 37.3 Å². The van der Waals surface area contributed by atoms with Crippen LogP contribution >= 0.6 is 0 Å². The SMILES string of the molecule is CC[C@@H](NC1CC=CC1)c1ccccc1O. The van der Waals surface area contributed by atoms with Gasteiger partial charge in [-0.25, -0.2) is 0 Å². The molecular formula is C14H19NO. The van der Waals surface area contributed by atoms with Crippen molar-refractivity contribution in [2.45, 2.75) is 38.3 Å². The minimum atomic E-state index is 0.256. The smallest absolute Gasteiger partial charge is 0.120 e. The zero-order valence-electron chi connectivity index (χ0n) is 9.69. The van der Waals surface area contributed by atoms with E-state index >= 15 is 0 Å². The molecule has 2 heteroatoms. The monoisotopic (exact) mass is 217 g/mol. The first-order valence-corrected chi connectivity index (χ1v) is 6.00. The number of hydrogen-bond donors (Lipinski definition) is 2. The summed E-state index contributed by atoms with van der Waals surface area (Å²) in [5, 5.41) is 13.4. The zero-order valence-corrected chi connectivity index (χ0v) is 9.69. The Morgan fingerprint density at radius 2 is 2.00 bits per heavy atom. The van der Waals surface area contributed by atoms with Crippen LogP contribution in [0.5, 0.6) is 5.75 Å². The summed E-state index contributed by atoms with van der Waals surface area (Å²) in [4.78, 5) is 0. The molecule has 0 fully saturated rings. The quantitative estimate of drug-likeness (QED) is 0.759. The number of phenols is 1. The molecule has 0 saturated carbocycles. The van der Waals surface area contributed by atoms with Crippen molar-refractivity contribution in [2.75, 3.05) is 0 Å². The van der Waals surface area contributed by atoms with E-state index in [4.69, 9.17) is 0 Å². The molecule has 0 amide bonds. The number of hydrogen-bond acceptors (Lipinski definition) is 2. The third kappa shape index (κ3) is 2.45. The Bertz CT molecular complexity index is 365. The van der Waals surface area contributed by atoms with Crippen molar-refractivity contribution in [3.8, 4) is 5.75 Å². The van der Waals surface area contributed by atoms with Crippen LogP contribution in [0.4, 0.5) is 0 Å². The summed E-state index contributed by atoms with van der Waals surface area (Å²) in [7, 11) is 0. The molecule has 1 aromatic carbocycles. The second kappa shape index (κ2) is 5.17. The van der Waals surface area contributed by atoms with Gasteiger partial charge in [0.05, 0.1) is 0 Å². The van der Waals surface area contributed by atoms with Crippen molar-refractivity contribution in [1.29, 1.82) is 0 Å². The molecule has 16 heavy (non-hydrogen) atoms. The normalized spacial score (nSPS) is 17.8. The molecule has 0 heterocycles. The maximum atomic E-state index is 9.83. The van der Waals surface area contributed by atoms with Gasteiger partial charge in [-0.15, -0.1) is 0 Å². The lowest BCUT2D eigenvalue weighted by atomic mass is 10.0. The third-order valence-electron chi connectivity index (χ3n) is 3.17. The predicted octanol–water partition coefficient (Wildman–Crippen LogP) is 3.15. The van der Waals surface area contributed by atoms with Gasteiger partial charge in [0.15, 0.2) is 0 Å². The lowest BCUT2D eigenvalue weighted by Crippen LogP contribution is -2.30. The molecule has 2 N–H and O–H groups in total. The van der Waals surface area contributed by atoms with Gasteiger partial charge in [-0.3, -0.25) is 0 Å². The van der Waals surface area contributed by atoms with E-state index in [2.05, 4.69) is 24.4 Å². The standard InChI is InChI=1S/C14H19NO/c1-2-13(15-11-7-3-4-8-11)12-9-5-6-10-14(12)16/h3-6,9-11,13,15-16H,2,7-8H2,1H3/t13-/m1/s1. The van der Waals surface area contributed by atoms with Crippen LogP contribution in [0.3, 0.4) is 0 Å². The Labute approximate surface area is 97.0 Å². The second-order valence-corrected chi connectivity index (χ2v) is 4.33. The van der Waals surface area contributed by atoms with Gasteiger partial charge in [-0.05, 0) is 25.3 Å². The van der Waals surface area contributed by atoms with Crippen LogP contribution in [0.1, 0.15) is 37.8 Å². The van der Waals surface area contributed by atoms with Crippen LogP contribution in [0, 0.1) is 0 Å². The van der Waals surface area contributed by atoms with Gasteiger partial charge in [0.2, 0.25) is 0 Å². The van der Waals surface area contributed by atoms with Gasteiger partial charge in [0.25, 0.3) is 0 Å². The number of benzene rings is 1. The van der Waals surface area contributed by atoms with Crippen molar-refractivity contribution in [3.05, 3.63) is 42.0 Å². The summed E-state index contributed by atoms with van der Waals surface area (Å²) in [6.45, 7) is 2.15. The Morgan fingerprint density at radius 1 is 1.31 bits per heavy atom. The molecule has 0 aromatic heterocycles. The van der Waals surface area contributed by atoms with E-state index in [9.17, 15) is 5.11 Å². The average molecular weight is 217 g/mol. The highest BCUT2D eigenvalue weighted by atomic mass is 16.3. The highest BCUT2D eigenvalue weighted by Gasteiger charge is 2.18. The maximum Gasteiger partial charge on any atom is 0.120 e. The molecule has 0 unspecified atom stereocenters. The van der Waals surface area contributed by atoms with Crippen molar-refractivity contribution >= 4 is 0 Å². The third-order valence-corrected chi connectivity index (χ3v) is 3.17. The zero-order chi connectivity index (χ0) is 11.4. The number of aromatic hydroxyl groups is 1. The summed E-state index contributed by atoms with van der Waals surface area (Å²) >= 11 is 0. The highest BCUT2D eigenvalue weighted by molar-refractivity contribution is 5.34. The van der Waals surface area contributed by atoms with E-state index in [-0.39, 0.29) is 6.04 Å². The van der Waals surface area contributed by atoms with Gasteiger partial charge >= 0.3 is 0 Å². The van der Waals surface area contributed by atoms with Gasteiger partial charge in [0, 0.05) is 17.6 Å². The summed E-state index contributed by atoms with van der Waals surface area (Å²) < 4.78 is 0. The maximum absolute atomic E-state index is 9.83. The van der Waals surface area contributed by atoms with Crippen LogP contribution in [0.25, 0.3) is 0 Å². The molecule has 1 aromatic rings. The van der Waals surface area contributed by atoms with E-state index < -0.39 is 0 Å². The first kappa shape index (κ1) is 11.2. The first-order valence-electron chi connectivity index (χ1n) is 6.00. The number of para-hydroxylation sites is 1. The molecule has 0 aliphatic heterocycles. The summed E-state index contributed by atoms with van der Waals surface area (Å²) in [6, 6.07) is 8.39. The van der Waals surface area contributed by atoms with Crippen molar-refractivity contribution in [2.24, 2.45) is 0 Å². The molecule has 1 atom stereocenters. The fourth-order valence-corrected chi connectivity index (χ4v) is 2.25. The lowest BCUT2D eigenvalue weighted by Gasteiger charge is -2.22. The van der Waals surface area contributed by atoms with Crippen molar-refractivity contribution in [1.82, 2.24) is 5.32 Å². The van der Waals surface area contributed by atoms with Crippen LogP contribution in [-0.2, 0) is 0 Å². The molecule has 2 nitrogen and oxygen atoms in total. The Kier molecular flexibility index (Phi) is 3.62. The molecule has 0 bridgehead atoms. The van der Waals surface area contributed by atoms with Crippen molar-refractivity contribution in [3.63, 3.8) is 0 Å². The average Bonchev–Trinajstić information content (AvgIpc) is 2.80. The molecule has 0 spiro atoms. The predicted molar refractivity (Wildman–Crippen MR) is 66.4 cm³/mol. The largest absolute Gasteiger partial charge is 0.508 e. The van der Waals surface area contributed by atoms with Crippen LogP contribution in [0.2, 0.25) is 0 Å². The molecule has 1 aliphatic carbocycles. The minimum absolute atomic E-state index is 0.256. The molecule has 1 aliphatic rings. The van der Waals surface area contributed by atoms with Crippen LogP contribution in [0.15, 0.2) is 36.4 Å². The molecule has 0 radical (unpaired) electrons. The molecule has 0 saturated heterocycles. The number of phenolic OH excluding ortho intramolecular Hbond substituents is 1. The highest BCUT2D eigenvalue weighted by Crippen LogP contribution is 2.27. The first-order chi connectivity index (χ1) is 7.81. The molecule has 2 rings (SSSR count). The van der Waals surface area contributed by atoms with E-state index in [1.54, 1.807) is 6.07 Å². The van der Waals surface area contributed by atoms with Crippen LogP contribution < -0.4 is 5.32 Å². The van der Waals surface area contributed by atoms with E-state index in [0.717, 1.165) is 24.8 Å². The topological polar surface area (TPSA) is 32.3 Å². The van der Waals surface area contributed by atoms with E-state index in [1.165, 1.54) is 0 Å². The van der Waals surface area contributed by atoms with Gasteiger partial charge < -0.3 is 10.4 Å². The van der Waals surface area contributed by atoms with Crippen molar-refractivity contribution < 1.29 is 5.11 Å². The van der Waals surface area contributed by atoms with Gasteiger partial charge in [-0.2, -0.15) is 0 Å². The molecule has 86 valence electrons. The number of rotatable bonds is 4. The lowest BCUT2D eigenvalue weighted by molar-refractivity contribution is 0.410. The summed E-state index contributed by atoms with van der Waals surface area (Å²) in [6.07, 6.45) is 7.63. The fourth-order valence-electron chi connectivity index (χ4n) is 2.25. The molecular weight excluding hydrogens is 198 g/mol. The van der Waals surface area contributed by atoms with Gasteiger partial charge in [0.1, 0.15) is 5.75 Å². The van der Waals surface area contributed by atoms with E-state index in [1.807, 2.05) is 18.2 Å². The second-order valence-electron chi connectivity index (χ2n) is 4.33. The fraction of sp³-hybridized carbons (Fsp3) is 0.429. The summed E-state index contributed by atoms with van der Waals surface area (Å²) in [5.74, 6) is 0.396. The number of nitrogens with one attached hydrogen (secondary N) is 1. The Morgan fingerprint density at radius 3 is 2.62 bits per heavy atom.